The van der Waals surface area contributed by atoms with Gasteiger partial charge in [-0.05, 0) is 36.2 Å². The molecule has 0 saturated carbocycles. The van der Waals surface area contributed by atoms with Crippen LogP contribution in [0.5, 0.6) is 0 Å². The number of hydrogen-bond acceptors (Lipinski definition) is 0. The molecule has 4 aromatic rings. The first-order valence-corrected chi connectivity index (χ1v) is 9.43. The summed E-state index contributed by atoms with van der Waals surface area (Å²) >= 11 is 3.79. The number of aromatic nitrogens is 1. The maximum Gasteiger partial charge on any atom is 0.0541 e. The highest BCUT2D eigenvalue weighted by atomic mass is 79.9. The lowest BCUT2D eigenvalue weighted by atomic mass is 10.1. The van der Waals surface area contributed by atoms with Crippen LogP contribution < -0.4 is 0 Å². The smallest absolute Gasteiger partial charge is 0.0541 e. The first-order chi connectivity index (χ1) is 11.8. The van der Waals surface area contributed by atoms with Crippen LogP contribution in [0, 0.1) is 0 Å². The van der Waals surface area contributed by atoms with Gasteiger partial charge in [0.1, 0.15) is 0 Å². The van der Waals surface area contributed by atoms with Crippen molar-refractivity contribution in [3.8, 4) is 5.69 Å². The van der Waals surface area contributed by atoms with Gasteiger partial charge in [0.15, 0.2) is 0 Å². The molecule has 0 fully saturated rings. The summed E-state index contributed by atoms with van der Waals surface area (Å²) in [7, 11) is 0. The number of nitrogens with zero attached hydrogens (tertiary/aromatic N) is 1. The summed E-state index contributed by atoms with van der Waals surface area (Å²) in [6.45, 7) is 2.22. The van der Waals surface area contributed by atoms with E-state index in [9.17, 15) is 0 Å². The average molecular weight is 378 g/mol. The van der Waals surface area contributed by atoms with E-state index >= 15 is 0 Å². The molecule has 1 unspecified atom stereocenters. The Labute approximate surface area is 151 Å². The highest BCUT2D eigenvalue weighted by Crippen LogP contribution is 2.33. The molecule has 120 valence electrons. The minimum atomic E-state index is 0.440. The Bertz CT molecular complexity index is 929. The third-order valence-corrected chi connectivity index (χ3v) is 5.62. The molecule has 0 amide bonds. The minimum Gasteiger partial charge on any atom is -0.309 e. The molecule has 24 heavy (non-hydrogen) atoms. The summed E-state index contributed by atoms with van der Waals surface area (Å²) in [6.07, 6.45) is 2.35. The van der Waals surface area contributed by atoms with Gasteiger partial charge in [-0.1, -0.05) is 77.8 Å². The van der Waals surface area contributed by atoms with E-state index in [1.54, 1.807) is 0 Å². The van der Waals surface area contributed by atoms with Crippen molar-refractivity contribution in [1.29, 1.82) is 0 Å². The number of hydrogen-bond donors (Lipinski definition) is 0. The molecule has 3 aromatic carbocycles. The fourth-order valence-corrected chi connectivity index (χ4v) is 4.22. The van der Waals surface area contributed by atoms with Crippen LogP contribution in [-0.2, 0) is 0 Å². The van der Waals surface area contributed by atoms with Crippen molar-refractivity contribution in [3.63, 3.8) is 0 Å². The lowest BCUT2D eigenvalue weighted by Crippen LogP contribution is -1.95. The van der Waals surface area contributed by atoms with Crippen molar-refractivity contribution in [3.05, 3.63) is 78.4 Å². The fraction of sp³-hybridized carbons (Fsp3) is 0.182. The SMILES string of the molecule is CCCC(Br)c1ccc(-n2c3ccccc3c3ccccc32)cc1. The van der Waals surface area contributed by atoms with Crippen LogP contribution in [-0.4, -0.2) is 4.57 Å². The van der Waals surface area contributed by atoms with E-state index in [1.165, 1.54) is 39.5 Å². The second-order valence-electron chi connectivity index (χ2n) is 6.22. The van der Waals surface area contributed by atoms with Gasteiger partial charge in [-0.15, -0.1) is 0 Å². The molecule has 1 nitrogen and oxygen atoms in total. The fourth-order valence-electron chi connectivity index (χ4n) is 3.45. The second-order valence-corrected chi connectivity index (χ2v) is 7.32. The number of halogens is 1. The second kappa shape index (κ2) is 6.45. The molecule has 0 N–H and O–H groups in total. The van der Waals surface area contributed by atoms with Crippen molar-refractivity contribution in [2.75, 3.05) is 0 Å². The summed E-state index contributed by atoms with van der Waals surface area (Å²) in [5.74, 6) is 0. The molecule has 0 aliphatic carbocycles. The van der Waals surface area contributed by atoms with Crippen molar-refractivity contribution >= 4 is 37.7 Å². The Kier molecular flexibility index (Phi) is 4.15. The Hall–Kier alpha value is -2.06. The van der Waals surface area contributed by atoms with E-state index in [1.807, 2.05) is 0 Å². The van der Waals surface area contributed by atoms with Crippen molar-refractivity contribution in [1.82, 2.24) is 4.57 Å². The zero-order chi connectivity index (χ0) is 16.5. The Morgan fingerprint density at radius 1 is 0.792 bits per heavy atom. The van der Waals surface area contributed by atoms with Gasteiger partial charge in [0.05, 0.1) is 11.0 Å². The Morgan fingerprint density at radius 3 is 1.88 bits per heavy atom. The van der Waals surface area contributed by atoms with Crippen LogP contribution in [0.15, 0.2) is 72.8 Å². The van der Waals surface area contributed by atoms with Crippen LogP contribution in [0.25, 0.3) is 27.5 Å². The summed E-state index contributed by atoms with van der Waals surface area (Å²) < 4.78 is 2.36. The van der Waals surface area contributed by atoms with Crippen molar-refractivity contribution in [2.24, 2.45) is 0 Å². The lowest BCUT2D eigenvalue weighted by molar-refractivity contribution is 0.788. The van der Waals surface area contributed by atoms with E-state index in [2.05, 4.69) is 100 Å². The molecular formula is C22H20BrN. The quantitative estimate of drug-likeness (QED) is 0.336. The van der Waals surface area contributed by atoms with Crippen LogP contribution in [0.1, 0.15) is 30.2 Å². The van der Waals surface area contributed by atoms with E-state index in [0.29, 0.717) is 4.83 Å². The molecule has 0 radical (unpaired) electrons. The zero-order valence-electron chi connectivity index (χ0n) is 13.7. The van der Waals surface area contributed by atoms with Crippen molar-refractivity contribution in [2.45, 2.75) is 24.6 Å². The molecule has 1 heterocycles. The van der Waals surface area contributed by atoms with E-state index < -0.39 is 0 Å². The van der Waals surface area contributed by atoms with Gasteiger partial charge in [-0.25, -0.2) is 0 Å². The predicted octanol–water partition coefficient (Wildman–Crippen LogP) is 7.02. The molecule has 0 saturated heterocycles. The number of fused-ring (bicyclic) bond motifs is 3. The zero-order valence-corrected chi connectivity index (χ0v) is 15.3. The van der Waals surface area contributed by atoms with Crippen LogP contribution in [0.3, 0.4) is 0 Å². The average Bonchev–Trinajstić information content (AvgIpc) is 2.97. The minimum absolute atomic E-state index is 0.440. The van der Waals surface area contributed by atoms with Crippen LogP contribution in [0.2, 0.25) is 0 Å². The van der Waals surface area contributed by atoms with E-state index in [-0.39, 0.29) is 0 Å². The van der Waals surface area contributed by atoms with Gasteiger partial charge >= 0.3 is 0 Å². The largest absolute Gasteiger partial charge is 0.309 e. The number of para-hydroxylation sites is 2. The number of benzene rings is 3. The molecule has 0 aliphatic rings. The Balaban J connectivity index is 1.89. The van der Waals surface area contributed by atoms with Gasteiger partial charge in [-0.2, -0.15) is 0 Å². The third-order valence-electron chi connectivity index (χ3n) is 4.64. The molecule has 0 spiro atoms. The monoisotopic (exact) mass is 377 g/mol. The summed E-state index contributed by atoms with van der Waals surface area (Å²) in [5, 5.41) is 2.61. The normalized spacial score (nSPS) is 12.8. The molecule has 4 rings (SSSR count). The number of rotatable bonds is 4. The summed E-state index contributed by atoms with van der Waals surface area (Å²) in [4.78, 5) is 0.440. The van der Waals surface area contributed by atoms with E-state index in [0.717, 1.165) is 6.42 Å². The highest BCUT2D eigenvalue weighted by Gasteiger charge is 2.12. The summed E-state index contributed by atoms with van der Waals surface area (Å²) in [5.41, 5.74) is 5.08. The molecule has 0 aliphatic heterocycles. The predicted molar refractivity (Wildman–Crippen MR) is 107 cm³/mol. The van der Waals surface area contributed by atoms with E-state index in [4.69, 9.17) is 0 Å². The highest BCUT2D eigenvalue weighted by molar-refractivity contribution is 9.09. The first-order valence-electron chi connectivity index (χ1n) is 8.52. The van der Waals surface area contributed by atoms with Gasteiger partial charge in [0, 0.05) is 21.3 Å². The third kappa shape index (κ3) is 2.55. The molecule has 1 aromatic heterocycles. The maximum atomic E-state index is 3.79. The standard InChI is InChI=1S/C22H20BrN/c1-2-7-20(23)16-12-14-17(15-13-16)24-21-10-5-3-8-18(21)19-9-4-6-11-22(19)24/h3-6,8-15,20H,2,7H2,1H3. The molecule has 1 atom stereocenters. The molecule has 0 bridgehead atoms. The van der Waals surface area contributed by atoms with Gasteiger partial charge in [-0.3, -0.25) is 0 Å². The summed E-state index contributed by atoms with van der Waals surface area (Å²) in [6, 6.07) is 26.2. The Morgan fingerprint density at radius 2 is 1.33 bits per heavy atom. The first kappa shape index (κ1) is 15.5. The van der Waals surface area contributed by atoms with Gasteiger partial charge < -0.3 is 4.57 Å². The topological polar surface area (TPSA) is 4.93 Å². The number of alkyl halides is 1. The molecular weight excluding hydrogens is 358 g/mol. The maximum absolute atomic E-state index is 3.79. The lowest BCUT2D eigenvalue weighted by Gasteiger charge is -2.12. The molecule has 2 heteroatoms. The van der Waals surface area contributed by atoms with Crippen LogP contribution in [0.4, 0.5) is 0 Å². The van der Waals surface area contributed by atoms with Gasteiger partial charge in [0.25, 0.3) is 0 Å². The van der Waals surface area contributed by atoms with Crippen LogP contribution >= 0.6 is 15.9 Å². The van der Waals surface area contributed by atoms with Gasteiger partial charge in [0.2, 0.25) is 0 Å². The van der Waals surface area contributed by atoms with Crippen molar-refractivity contribution < 1.29 is 0 Å².